The summed E-state index contributed by atoms with van der Waals surface area (Å²) in [4.78, 5) is 25.6. The zero-order valence-electron chi connectivity index (χ0n) is 12.0. The quantitative estimate of drug-likeness (QED) is 0.641. The molecule has 23 heavy (non-hydrogen) atoms. The maximum Gasteiger partial charge on any atom is 0.329 e. The van der Waals surface area contributed by atoms with E-state index >= 15 is 0 Å². The third-order valence-electron chi connectivity index (χ3n) is 3.42. The van der Waals surface area contributed by atoms with Crippen LogP contribution in [-0.4, -0.2) is 21.9 Å². The van der Waals surface area contributed by atoms with Gasteiger partial charge in [-0.15, -0.1) is 0 Å². The van der Waals surface area contributed by atoms with Gasteiger partial charge in [-0.05, 0) is 41.5 Å². The number of hydrogen-bond donors (Lipinski definition) is 2. The van der Waals surface area contributed by atoms with Crippen LogP contribution in [0, 0.1) is 0 Å². The monoisotopic (exact) mass is 372 g/mol. The van der Waals surface area contributed by atoms with Crippen molar-refractivity contribution in [2.24, 2.45) is 0 Å². The maximum absolute atomic E-state index is 12.4. The van der Waals surface area contributed by atoms with Crippen molar-refractivity contribution in [1.29, 1.82) is 0 Å². The Labute approximate surface area is 141 Å². The van der Waals surface area contributed by atoms with E-state index in [9.17, 15) is 14.7 Å². The Hall–Kier alpha value is -2.60. The van der Waals surface area contributed by atoms with Gasteiger partial charge in [0.2, 0.25) is 0 Å². The molecule has 6 heteroatoms. The Morgan fingerprint density at radius 1 is 1.04 bits per heavy atom. The van der Waals surface area contributed by atoms with Gasteiger partial charge in [0.25, 0.3) is 5.91 Å². The number of hydrogen-bond acceptors (Lipinski definition) is 3. The molecule has 3 rings (SSSR count). The second kappa shape index (κ2) is 6.26. The van der Waals surface area contributed by atoms with Crippen LogP contribution in [0.4, 0.5) is 4.79 Å². The Morgan fingerprint density at radius 3 is 2.35 bits per heavy atom. The third kappa shape index (κ3) is 3.43. The molecule has 5 nitrogen and oxygen atoms in total. The van der Waals surface area contributed by atoms with Crippen LogP contribution in [0.3, 0.4) is 0 Å². The minimum absolute atomic E-state index is 0.144. The van der Waals surface area contributed by atoms with Gasteiger partial charge in [-0.3, -0.25) is 9.69 Å². The molecule has 2 aromatic carbocycles. The first-order valence-corrected chi connectivity index (χ1v) is 7.70. The summed E-state index contributed by atoms with van der Waals surface area (Å²) in [5.74, 6) is -0.225. The van der Waals surface area contributed by atoms with Crippen molar-refractivity contribution in [2.45, 2.75) is 6.54 Å². The van der Waals surface area contributed by atoms with Gasteiger partial charge in [0.05, 0.1) is 6.54 Å². The van der Waals surface area contributed by atoms with Crippen molar-refractivity contribution in [3.63, 3.8) is 0 Å². The lowest BCUT2D eigenvalue weighted by atomic mass is 10.2. The fraction of sp³-hybridized carbons (Fsp3) is 0.0588. The summed E-state index contributed by atoms with van der Waals surface area (Å²) >= 11 is 3.35. The lowest BCUT2D eigenvalue weighted by Crippen LogP contribution is -2.30. The van der Waals surface area contributed by atoms with E-state index in [1.54, 1.807) is 18.2 Å². The van der Waals surface area contributed by atoms with E-state index in [1.165, 1.54) is 12.1 Å². The lowest BCUT2D eigenvalue weighted by molar-refractivity contribution is -0.123. The summed E-state index contributed by atoms with van der Waals surface area (Å²) in [7, 11) is 0. The van der Waals surface area contributed by atoms with E-state index in [1.807, 2.05) is 24.3 Å². The van der Waals surface area contributed by atoms with E-state index < -0.39 is 6.03 Å². The second-order valence-corrected chi connectivity index (χ2v) is 6.01. The SMILES string of the molecule is O=C1NC(=Cc2ccc(O)cc2)C(=O)N1Cc1ccc(Br)cc1. The maximum atomic E-state index is 12.4. The van der Waals surface area contributed by atoms with Gasteiger partial charge in [-0.2, -0.15) is 0 Å². The van der Waals surface area contributed by atoms with Crippen molar-refractivity contribution in [2.75, 3.05) is 0 Å². The zero-order valence-corrected chi connectivity index (χ0v) is 13.6. The molecular formula is C17H13BrN2O3. The van der Waals surface area contributed by atoms with Gasteiger partial charge in [0.1, 0.15) is 11.4 Å². The Balaban J connectivity index is 1.79. The van der Waals surface area contributed by atoms with Crippen molar-refractivity contribution in [1.82, 2.24) is 10.2 Å². The predicted octanol–water partition coefficient (Wildman–Crippen LogP) is 3.25. The van der Waals surface area contributed by atoms with E-state index in [2.05, 4.69) is 21.2 Å². The normalized spacial score (nSPS) is 16.0. The number of nitrogens with one attached hydrogen (secondary N) is 1. The molecule has 0 radical (unpaired) electrons. The number of benzene rings is 2. The Bertz CT molecular complexity index is 782. The average Bonchev–Trinajstić information content (AvgIpc) is 2.79. The first-order chi connectivity index (χ1) is 11.0. The number of halogens is 1. The molecule has 1 saturated heterocycles. The van der Waals surface area contributed by atoms with Gasteiger partial charge >= 0.3 is 6.03 Å². The number of urea groups is 1. The Morgan fingerprint density at radius 2 is 1.70 bits per heavy atom. The van der Waals surface area contributed by atoms with E-state index in [4.69, 9.17) is 0 Å². The molecule has 1 aliphatic heterocycles. The number of imide groups is 1. The molecule has 116 valence electrons. The number of phenols is 1. The van der Waals surface area contributed by atoms with Crippen LogP contribution < -0.4 is 5.32 Å². The molecule has 0 aliphatic carbocycles. The fourth-order valence-corrected chi connectivity index (χ4v) is 2.49. The largest absolute Gasteiger partial charge is 0.508 e. The number of nitrogens with zero attached hydrogens (tertiary/aromatic N) is 1. The Kier molecular flexibility index (Phi) is 4.16. The highest BCUT2D eigenvalue weighted by molar-refractivity contribution is 9.10. The molecule has 0 spiro atoms. The number of amides is 3. The van der Waals surface area contributed by atoms with Gasteiger partial charge in [-0.1, -0.05) is 40.2 Å². The molecule has 1 fully saturated rings. The first-order valence-electron chi connectivity index (χ1n) is 6.91. The lowest BCUT2D eigenvalue weighted by Gasteiger charge is -2.11. The molecule has 0 saturated carbocycles. The standard InChI is InChI=1S/C17H13BrN2O3/c18-13-5-1-12(2-6-13)10-20-16(22)15(19-17(20)23)9-11-3-7-14(21)8-4-11/h1-9,21H,10H2,(H,19,23). The highest BCUT2D eigenvalue weighted by Gasteiger charge is 2.33. The zero-order chi connectivity index (χ0) is 16.4. The highest BCUT2D eigenvalue weighted by Crippen LogP contribution is 2.19. The summed E-state index contributed by atoms with van der Waals surface area (Å²) in [5.41, 5.74) is 1.80. The topological polar surface area (TPSA) is 69.6 Å². The fourth-order valence-electron chi connectivity index (χ4n) is 2.22. The molecule has 0 unspecified atom stereocenters. The van der Waals surface area contributed by atoms with Crippen LogP contribution in [0.2, 0.25) is 0 Å². The average molecular weight is 373 g/mol. The van der Waals surface area contributed by atoms with Crippen LogP contribution >= 0.6 is 15.9 Å². The number of carbonyl (C=O) groups excluding carboxylic acids is 2. The van der Waals surface area contributed by atoms with Crippen molar-refractivity contribution in [3.05, 3.63) is 69.8 Å². The van der Waals surface area contributed by atoms with Crippen molar-refractivity contribution in [3.8, 4) is 5.75 Å². The van der Waals surface area contributed by atoms with Gasteiger partial charge in [0, 0.05) is 4.47 Å². The molecule has 3 amide bonds. The van der Waals surface area contributed by atoms with Crippen molar-refractivity contribution >= 4 is 33.9 Å². The molecular weight excluding hydrogens is 360 g/mol. The number of aromatic hydroxyl groups is 1. The highest BCUT2D eigenvalue weighted by atomic mass is 79.9. The van der Waals surface area contributed by atoms with E-state index in [0.717, 1.165) is 20.5 Å². The third-order valence-corrected chi connectivity index (χ3v) is 3.95. The molecule has 0 bridgehead atoms. The molecule has 0 aromatic heterocycles. The molecule has 2 N–H and O–H groups in total. The minimum Gasteiger partial charge on any atom is -0.508 e. The summed E-state index contributed by atoms with van der Waals surface area (Å²) in [6.45, 7) is 0.213. The van der Waals surface area contributed by atoms with Crippen LogP contribution in [0.1, 0.15) is 11.1 Å². The second-order valence-electron chi connectivity index (χ2n) is 5.10. The molecule has 1 aliphatic rings. The number of rotatable bonds is 3. The smallest absolute Gasteiger partial charge is 0.329 e. The van der Waals surface area contributed by atoms with Crippen LogP contribution in [0.15, 0.2) is 58.7 Å². The molecule has 1 heterocycles. The predicted molar refractivity (Wildman–Crippen MR) is 89.3 cm³/mol. The molecule has 2 aromatic rings. The van der Waals surface area contributed by atoms with Crippen LogP contribution in [0.5, 0.6) is 5.75 Å². The van der Waals surface area contributed by atoms with Gasteiger partial charge < -0.3 is 10.4 Å². The van der Waals surface area contributed by atoms with E-state index in [-0.39, 0.29) is 23.9 Å². The number of carbonyl (C=O) groups is 2. The first kappa shape index (κ1) is 15.3. The number of phenolic OH excluding ortho intramolecular Hbond substituents is 1. The summed E-state index contributed by atoms with van der Waals surface area (Å²) in [6.07, 6.45) is 1.58. The molecule has 0 atom stereocenters. The van der Waals surface area contributed by atoms with Crippen LogP contribution in [0.25, 0.3) is 6.08 Å². The summed E-state index contributed by atoms with van der Waals surface area (Å²) in [6, 6.07) is 13.4. The van der Waals surface area contributed by atoms with Gasteiger partial charge in [0.15, 0.2) is 0 Å². The van der Waals surface area contributed by atoms with Gasteiger partial charge in [-0.25, -0.2) is 4.79 Å². The van der Waals surface area contributed by atoms with Crippen LogP contribution in [-0.2, 0) is 11.3 Å². The summed E-state index contributed by atoms with van der Waals surface area (Å²) < 4.78 is 0.936. The van der Waals surface area contributed by atoms with E-state index in [0.29, 0.717) is 0 Å². The van der Waals surface area contributed by atoms with Crippen molar-refractivity contribution < 1.29 is 14.7 Å². The summed E-state index contributed by atoms with van der Waals surface area (Å²) in [5, 5.41) is 11.8. The minimum atomic E-state index is -0.442.